The van der Waals surface area contributed by atoms with Crippen LogP contribution in [0, 0.1) is 0 Å². The van der Waals surface area contributed by atoms with Gasteiger partial charge < -0.3 is 9.47 Å². The van der Waals surface area contributed by atoms with Crippen molar-refractivity contribution in [1.82, 2.24) is 0 Å². The molecule has 0 aliphatic heterocycles. The lowest BCUT2D eigenvalue weighted by Gasteiger charge is -2.37. The Hall–Kier alpha value is -3.52. The molecule has 0 aromatic heterocycles. The van der Waals surface area contributed by atoms with E-state index in [-0.39, 0.29) is 0 Å². The molecular weight excluding hydrogens is 356 g/mol. The average molecular weight is 380 g/mol. The Labute approximate surface area is 172 Å². The minimum atomic E-state index is -0.457. The quantitative estimate of drug-likeness (QED) is 0.377. The summed E-state index contributed by atoms with van der Waals surface area (Å²) in [6.07, 6.45) is 0. The molecule has 4 aromatic rings. The Morgan fingerprint density at radius 2 is 0.724 bits per heavy atom. The van der Waals surface area contributed by atoms with Gasteiger partial charge in [0, 0.05) is 0 Å². The first kappa shape index (κ1) is 18.8. The summed E-state index contributed by atoms with van der Waals surface area (Å²) in [4.78, 5) is 0. The van der Waals surface area contributed by atoms with Crippen LogP contribution in [0.2, 0.25) is 0 Å². The number of ether oxygens (including phenoxy) is 2. The molecule has 144 valence electrons. The van der Waals surface area contributed by atoms with Crippen molar-refractivity contribution in [2.45, 2.75) is 5.41 Å². The molecule has 0 bridgehead atoms. The summed E-state index contributed by atoms with van der Waals surface area (Å²) in [5.41, 5.74) is 4.32. The van der Waals surface area contributed by atoms with Gasteiger partial charge in [-0.2, -0.15) is 0 Å². The second-order valence-corrected chi connectivity index (χ2v) is 6.94. The molecule has 0 heterocycles. The lowest BCUT2D eigenvalue weighted by molar-refractivity contribution is 0.414. The summed E-state index contributed by atoms with van der Waals surface area (Å²) in [6.45, 7) is 0. The number of methoxy groups -OCH3 is 2. The summed E-state index contributed by atoms with van der Waals surface area (Å²) < 4.78 is 10.8. The molecule has 0 aliphatic rings. The van der Waals surface area contributed by atoms with Crippen LogP contribution in [0.3, 0.4) is 0 Å². The standard InChI is InChI=1S/C27H24O2/c1-28-25-17-13-23(14-18-25)27(21-9-5-3-6-10-21,22-11-7-4-8-12-22)24-15-19-26(29-2)20-16-24/h3-20H,1-2H3. The third-order valence-electron chi connectivity index (χ3n) is 5.46. The molecule has 0 amide bonds. The van der Waals surface area contributed by atoms with Crippen molar-refractivity contribution in [2.24, 2.45) is 0 Å². The fourth-order valence-corrected chi connectivity index (χ4v) is 4.06. The van der Waals surface area contributed by atoms with Gasteiger partial charge in [-0.3, -0.25) is 0 Å². The van der Waals surface area contributed by atoms with Crippen molar-refractivity contribution < 1.29 is 9.47 Å². The van der Waals surface area contributed by atoms with Gasteiger partial charge in [0.05, 0.1) is 19.6 Å². The van der Waals surface area contributed by atoms with Crippen molar-refractivity contribution >= 4 is 0 Å². The van der Waals surface area contributed by atoms with Crippen LogP contribution in [-0.4, -0.2) is 14.2 Å². The predicted molar refractivity (Wildman–Crippen MR) is 118 cm³/mol. The van der Waals surface area contributed by atoms with Gasteiger partial charge in [-0.05, 0) is 46.5 Å². The van der Waals surface area contributed by atoms with Gasteiger partial charge in [-0.1, -0.05) is 84.9 Å². The Bertz CT molecular complexity index is 948. The zero-order valence-electron chi connectivity index (χ0n) is 16.7. The van der Waals surface area contributed by atoms with Crippen LogP contribution >= 0.6 is 0 Å². The van der Waals surface area contributed by atoms with E-state index in [9.17, 15) is 0 Å². The fourth-order valence-electron chi connectivity index (χ4n) is 4.06. The van der Waals surface area contributed by atoms with Crippen molar-refractivity contribution in [3.8, 4) is 11.5 Å². The van der Waals surface area contributed by atoms with Crippen molar-refractivity contribution in [1.29, 1.82) is 0 Å². The van der Waals surface area contributed by atoms with Crippen LogP contribution in [0.4, 0.5) is 0 Å². The van der Waals surface area contributed by atoms with Crippen LogP contribution in [-0.2, 0) is 5.41 Å². The summed E-state index contributed by atoms with van der Waals surface area (Å²) in [7, 11) is 3.39. The van der Waals surface area contributed by atoms with Gasteiger partial charge in [0.1, 0.15) is 11.5 Å². The van der Waals surface area contributed by atoms with Gasteiger partial charge in [0.25, 0.3) is 0 Å². The molecule has 2 heteroatoms. The van der Waals surface area contributed by atoms with Crippen LogP contribution in [0.5, 0.6) is 11.5 Å². The van der Waals surface area contributed by atoms with E-state index in [1.165, 1.54) is 22.3 Å². The summed E-state index contributed by atoms with van der Waals surface area (Å²) in [5, 5.41) is 0. The highest BCUT2D eigenvalue weighted by molar-refractivity contribution is 5.60. The molecule has 4 rings (SSSR count). The van der Waals surface area contributed by atoms with E-state index in [1.807, 2.05) is 24.3 Å². The van der Waals surface area contributed by atoms with Gasteiger partial charge in [0.2, 0.25) is 0 Å². The molecule has 2 nitrogen and oxygen atoms in total. The largest absolute Gasteiger partial charge is 0.497 e. The Morgan fingerprint density at radius 1 is 0.414 bits per heavy atom. The maximum absolute atomic E-state index is 5.41. The topological polar surface area (TPSA) is 18.5 Å². The van der Waals surface area contributed by atoms with Crippen LogP contribution < -0.4 is 9.47 Å². The van der Waals surface area contributed by atoms with E-state index in [0.717, 1.165) is 11.5 Å². The zero-order valence-corrected chi connectivity index (χ0v) is 16.7. The second-order valence-electron chi connectivity index (χ2n) is 6.94. The number of hydrogen-bond donors (Lipinski definition) is 0. The van der Waals surface area contributed by atoms with Gasteiger partial charge in [-0.25, -0.2) is 0 Å². The lowest BCUT2D eigenvalue weighted by Crippen LogP contribution is -2.30. The highest BCUT2D eigenvalue weighted by Crippen LogP contribution is 2.45. The van der Waals surface area contributed by atoms with E-state index in [0.29, 0.717) is 0 Å². The minimum absolute atomic E-state index is 0.457. The molecule has 0 unspecified atom stereocenters. The van der Waals surface area contributed by atoms with E-state index < -0.39 is 5.41 Å². The Balaban J connectivity index is 2.06. The second kappa shape index (κ2) is 8.24. The van der Waals surface area contributed by atoms with E-state index in [2.05, 4.69) is 84.9 Å². The molecular formula is C27H24O2. The summed E-state index contributed by atoms with van der Waals surface area (Å²) in [5.74, 6) is 1.69. The maximum Gasteiger partial charge on any atom is 0.118 e. The van der Waals surface area contributed by atoms with Crippen molar-refractivity contribution in [3.05, 3.63) is 131 Å². The first-order chi connectivity index (χ1) is 14.3. The van der Waals surface area contributed by atoms with Gasteiger partial charge >= 0.3 is 0 Å². The van der Waals surface area contributed by atoms with E-state index >= 15 is 0 Å². The van der Waals surface area contributed by atoms with Gasteiger partial charge in [-0.15, -0.1) is 0 Å². The molecule has 0 atom stereocenters. The zero-order chi connectivity index (χ0) is 20.1. The first-order valence-electron chi connectivity index (χ1n) is 9.69. The number of hydrogen-bond acceptors (Lipinski definition) is 2. The lowest BCUT2D eigenvalue weighted by atomic mass is 9.65. The molecule has 0 saturated heterocycles. The third kappa shape index (κ3) is 3.38. The molecule has 0 fully saturated rings. The van der Waals surface area contributed by atoms with Crippen LogP contribution in [0.25, 0.3) is 0 Å². The summed E-state index contributed by atoms with van der Waals surface area (Å²) >= 11 is 0. The molecule has 4 aromatic carbocycles. The van der Waals surface area contributed by atoms with E-state index in [4.69, 9.17) is 9.47 Å². The van der Waals surface area contributed by atoms with Crippen LogP contribution in [0.15, 0.2) is 109 Å². The molecule has 0 N–H and O–H groups in total. The SMILES string of the molecule is COc1ccc(C(c2ccccc2)(c2ccccc2)c2ccc(OC)cc2)cc1. The molecule has 0 radical (unpaired) electrons. The van der Waals surface area contributed by atoms with Crippen molar-refractivity contribution in [3.63, 3.8) is 0 Å². The van der Waals surface area contributed by atoms with Crippen LogP contribution in [0.1, 0.15) is 22.3 Å². The Morgan fingerprint density at radius 3 is 1.03 bits per heavy atom. The minimum Gasteiger partial charge on any atom is -0.497 e. The number of benzene rings is 4. The molecule has 29 heavy (non-hydrogen) atoms. The van der Waals surface area contributed by atoms with Crippen molar-refractivity contribution in [2.75, 3.05) is 14.2 Å². The van der Waals surface area contributed by atoms with Gasteiger partial charge in [0.15, 0.2) is 0 Å². The highest BCUT2D eigenvalue weighted by Gasteiger charge is 2.38. The molecule has 0 spiro atoms. The Kier molecular flexibility index (Phi) is 5.35. The normalized spacial score (nSPS) is 11.1. The molecule has 0 saturated carbocycles. The average Bonchev–Trinajstić information content (AvgIpc) is 2.82. The molecule has 0 aliphatic carbocycles. The fraction of sp³-hybridized carbons (Fsp3) is 0.111. The maximum atomic E-state index is 5.41. The third-order valence-corrected chi connectivity index (χ3v) is 5.46. The first-order valence-corrected chi connectivity index (χ1v) is 9.69. The van der Waals surface area contributed by atoms with E-state index in [1.54, 1.807) is 14.2 Å². The number of rotatable bonds is 6. The smallest absolute Gasteiger partial charge is 0.118 e. The monoisotopic (exact) mass is 380 g/mol. The predicted octanol–water partition coefficient (Wildman–Crippen LogP) is 6.09. The summed E-state index contributed by atoms with van der Waals surface area (Å²) in [6, 6.07) is 38.0. The highest BCUT2D eigenvalue weighted by atomic mass is 16.5.